The summed E-state index contributed by atoms with van der Waals surface area (Å²) in [6.45, 7) is 27.6. The summed E-state index contributed by atoms with van der Waals surface area (Å²) in [6, 6.07) is 70.6. The van der Waals surface area contributed by atoms with E-state index in [0.29, 0.717) is 64.6 Å². The van der Waals surface area contributed by atoms with Gasteiger partial charge < -0.3 is 38.3 Å². The molecule has 0 radical (unpaired) electrons. The van der Waals surface area contributed by atoms with E-state index < -0.39 is 33.8 Å². The predicted octanol–water partition coefficient (Wildman–Crippen LogP) is 20.0. The number of esters is 1. The molecule has 146 heavy (non-hydrogen) atoms. The summed E-state index contributed by atoms with van der Waals surface area (Å²) in [5, 5.41) is 12.4. The number of imidazole rings is 6. The predicted molar refractivity (Wildman–Crippen MR) is 568 cm³/mol. The number of likely N-dealkylation sites (tertiary alicyclic amines) is 2. The van der Waals surface area contributed by atoms with Crippen molar-refractivity contribution in [3.8, 4) is 11.3 Å². The molecule has 0 bridgehead atoms. The van der Waals surface area contributed by atoms with Gasteiger partial charge in [0.05, 0.1) is 108 Å². The number of amides is 1. The molecule has 4 aliphatic heterocycles. The minimum absolute atomic E-state index is 0.0160. The second-order valence-electron chi connectivity index (χ2n) is 36.6. The van der Waals surface area contributed by atoms with Crippen molar-refractivity contribution in [3.05, 3.63) is 329 Å². The number of thiophene rings is 3. The summed E-state index contributed by atoms with van der Waals surface area (Å²) in [5.74, 6) is 2.25. The van der Waals surface area contributed by atoms with E-state index >= 15 is 0 Å². The van der Waals surface area contributed by atoms with Crippen LogP contribution in [0.4, 0.5) is 13.2 Å². The van der Waals surface area contributed by atoms with Gasteiger partial charge in [0.1, 0.15) is 34.5 Å². The summed E-state index contributed by atoms with van der Waals surface area (Å²) in [4.78, 5) is 100. The molecule has 22 rings (SSSR count). The number of fused-ring (bicyclic) bond motifs is 11. The number of rotatable bonds is 29. The number of para-hydroxylation sites is 6. The Labute approximate surface area is 856 Å². The lowest BCUT2D eigenvalue weighted by molar-refractivity contribution is -0.150. The third kappa shape index (κ3) is 22.8. The molecule has 15 heterocycles. The van der Waals surface area contributed by atoms with Gasteiger partial charge in [0.15, 0.2) is 11.3 Å². The van der Waals surface area contributed by atoms with E-state index in [-0.39, 0.29) is 51.7 Å². The van der Waals surface area contributed by atoms with Crippen LogP contribution in [-0.2, 0) is 50.1 Å². The number of halogens is 3. The molecule has 756 valence electrons. The highest BCUT2D eigenvalue weighted by Gasteiger charge is 2.38. The maximum absolute atomic E-state index is 13.7. The monoisotopic (exact) mass is 2050 g/mol. The Morgan fingerprint density at radius 3 is 1.51 bits per heavy atom. The number of amidine groups is 1. The number of nitrogens with zero attached hydrogens (tertiary/aromatic N) is 17. The number of piperidine rings is 1. The van der Waals surface area contributed by atoms with Crippen LogP contribution in [0, 0.1) is 27.7 Å². The quantitative estimate of drug-likeness (QED) is 0.0250. The van der Waals surface area contributed by atoms with Crippen LogP contribution in [0.2, 0.25) is 0 Å². The Morgan fingerprint density at radius 2 is 1.00 bits per heavy atom. The van der Waals surface area contributed by atoms with E-state index in [1.807, 2.05) is 168 Å². The van der Waals surface area contributed by atoms with Gasteiger partial charge in [-0.3, -0.25) is 51.9 Å². The van der Waals surface area contributed by atoms with Gasteiger partial charge in [-0.25, -0.2) is 37.7 Å². The zero-order valence-electron chi connectivity index (χ0n) is 82.6. The van der Waals surface area contributed by atoms with Crippen molar-refractivity contribution in [2.45, 2.75) is 136 Å². The third-order valence-corrected chi connectivity index (χ3v) is 31.0. The van der Waals surface area contributed by atoms with Gasteiger partial charge >= 0.3 is 12.1 Å². The first-order valence-corrected chi connectivity index (χ1v) is 54.0. The van der Waals surface area contributed by atoms with Gasteiger partial charge in [0.2, 0.25) is 34.7 Å². The summed E-state index contributed by atoms with van der Waals surface area (Å²) in [5.41, 5.74) is 14.0. The van der Waals surface area contributed by atoms with Crippen LogP contribution in [0.1, 0.15) is 179 Å². The number of carbonyl (C=O) groups excluding carboxylic acids is 5. The molecule has 3 fully saturated rings. The average Bonchev–Trinajstić information content (AvgIpc) is 1.58. The van der Waals surface area contributed by atoms with Crippen LogP contribution < -0.4 is 10.0 Å². The fraction of sp³-hybridized carbons (Fsp3) is 0.324. The second-order valence-corrected chi connectivity index (χ2v) is 41.1. The van der Waals surface area contributed by atoms with Crippen LogP contribution in [0.15, 0.2) is 257 Å². The molecule has 0 aliphatic carbocycles. The van der Waals surface area contributed by atoms with Crippen molar-refractivity contribution in [1.29, 1.82) is 0 Å². The molecule has 0 saturated carbocycles. The zero-order valence-corrected chi connectivity index (χ0v) is 85.9. The number of benzene rings is 7. The Morgan fingerprint density at radius 1 is 0.527 bits per heavy atom. The van der Waals surface area contributed by atoms with Crippen molar-refractivity contribution >= 4 is 135 Å². The van der Waals surface area contributed by atoms with E-state index in [0.717, 1.165) is 210 Å². The second kappa shape index (κ2) is 46.7. The molecule has 1 amide bonds. The standard InChI is InChI=1S/C24H29N3O4S.C22H26F3N5O.C22H24N4OS.C22H17N3OS.C21H22N4O2S/c28-24(22(19-11-4-3-5-12-19)27-16-8-1-2-9-17-27)31-18-10-15-25-23-20-13-6-7-14-21(20)32(29,30)26-23;1-4-29(5-2)12-6-11-26-21(31)17-14-27-30-19(22(23,24)25)13-18(28-20(17)30)16-9-7-15(3)8-10-16;1-16-20(21(27)19-10-7-15-28-19)26-18-9-4-3-8-17(18)25(22(26)23-16)14-13-24-11-5-2-6-12-24;1-15-20(21(26)19-12-7-13-27-19)25-18-11-6-5-10-17(18)24(22(25)23-15)14-16-8-3-2-4-9-16;1-15-19(20(26)18-7-4-14-28-18)25-17-6-3-2-5-16(17)24(21(25)22-15)9-8-23-10-12-27-13-11-23/h3-7,11-14,22H,1-2,8-10,15-18H2,(H,25,26);7-10,13-14H,4-6,11-12H2,1-3H3,(H,26,31);3-4,7-10,15H,2,5-6,11-14H2,1H3;2-13H,14H2,1H3;2-7,14H,8-13H2,1H3. The van der Waals surface area contributed by atoms with Gasteiger partial charge in [0, 0.05) is 69.9 Å². The number of hydrogen-bond acceptors (Lipinski definition) is 22. The largest absolute Gasteiger partial charge is 0.464 e. The Hall–Kier alpha value is -13.8. The number of ketones is 3. The highest BCUT2D eigenvalue weighted by molar-refractivity contribution is 7.90. The van der Waals surface area contributed by atoms with Crippen molar-refractivity contribution < 1.29 is 55.0 Å². The van der Waals surface area contributed by atoms with Crippen molar-refractivity contribution in [3.63, 3.8) is 0 Å². The topological polar surface area (TPSA) is 284 Å². The number of nitrogens with one attached hydrogen (secondary N) is 2. The number of aryl methyl sites for hydroxylation is 4. The van der Waals surface area contributed by atoms with Crippen molar-refractivity contribution in [2.24, 2.45) is 4.99 Å². The van der Waals surface area contributed by atoms with Crippen molar-refractivity contribution in [2.75, 3.05) is 105 Å². The number of carbonyl (C=O) groups is 5. The smallest absolute Gasteiger partial charge is 0.433 e. The van der Waals surface area contributed by atoms with Crippen LogP contribution in [0.25, 0.3) is 67.3 Å². The van der Waals surface area contributed by atoms with E-state index in [2.05, 4.69) is 131 Å². The maximum Gasteiger partial charge on any atom is 0.433 e. The lowest BCUT2D eigenvalue weighted by atomic mass is 10.1. The first-order valence-electron chi connectivity index (χ1n) is 49.9. The SMILES string of the molecule is CCN(CC)CCCNC(=O)c1cnn2c(C(F)(F)F)cc(-c3ccc(C)cc3)nc12.Cc1nc2n(CCN3CCCCC3)c3ccccc3n2c1C(=O)c1cccs1.Cc1nc2n(CCN3CCOCC3)c3ccccc3n2c1C(=O)c1cccs1.Cc1nc2n(Cc3ccccc3)c3ccccc3n2c1C(=O)c1cccs1.O=C(OCCCN=C1NS(=O)(=O)c2ccccc21)C(c1ccccc1)N1CCCCCC1. The minimum Gasteiger partial charge on any atom is -0.464 e. The molecular formula is C111H118F3N19O9S4. The molecule has 3 saturated heterocycles. The summed E-state index contributed by atoms with van der Waals surface area (Å²) in [6.07, 6.45) is 6.25. The number of ether oxygens (including phenoxy) is 2. The normalized spacial score (nSPS) is 15.1. The molecule has 11 aromatic heterocycles. The fourth-order valence-electron chi connectivity index (χ4n) is 19.5. The van der Waals surface area contributed by atoms with Crippen LogP contribution in [0.3, 0.4) is 0 Å². The highest BCUT2D eigenvalue weighted by atomic mass is 32.2. The van der Waals surface area contributed by atoms with E-state index in [1.165, 1.54) is 84.8 Å². The zero-order chi connectivity index (χ0) is 102. The lowest BCUT2D eigenvalue weighted by Gasteiger charge is -2.29. The van der Waals surface area contributed by atoms with E-state index in [1.54, 1.807) is 48.5 Å². The van der Waals surface area contributed by atoms with E-state index in [9.17, 15) is 45.6 Å². The molecular weight excluding hydrogens is 1930 g/mol. The average molecular weight is 2050 g/mol. The molecule has 18 aromatic rings. The van der Waals surface area contributed by atoms with Crippen LogP contribution >= 0.6 is 34.0 Å². The van der Waals surface area contributed by atoms with Crippen molar-refractivity contribution in [1.82, 2.24) is 86.1 Å². The molecule has 1 unspecified atom stereocenters. The minimum atomic E-state index is -4.65. The molecule has 2 N–H and O–H groups in total. The van der Waals surface area contributed by atoms with Gasteiger partial charge in [-0.05, 0) is 206 Å². The Kier molecular flexibility index (Phi) is 32.7. The van der Waals surface area contributed by atoms with Gasteiger partial charge in [-0.2, -0.15) is 18.3 Å². The Bertz CT molecular complexity index is 7570. The lowest BCUT2D eigenvalue weighted by Crippen LogP contribution is -2.38. The van der Waals surface area contributed by atoms with Crippen LogP contribution in [0.5, 0.6) is 0 Å². The van der Waals surface area contributed by atoms with Gasteiger partial charge in [-0.1, -0.05) is 190 Å². The third-order valence-electron chi connectivity index (χ3n) is 27.0. The van der Waals surface area contributed by atoms with E-state index in [4.69, 9.17) is 24.4 Å². The number of sulfonamides is 1. The summed E-state index contributed by atoms with van der Waals surface area (Å²) >= 11 is 4.42. The molecule has 0 spiro atoms. The first kappa shape index (κ1) is 102. The molecule has 28 nitrogen and oxygen atoms in total. The number of aliphatic imine (C=N–C) groups is 1. The Balaban J connectivity index is 0.000000120. The number of morpholine rings is 1. The van der Waals surface area contributed by atoms with Gasteiger partial charge in [-0.15, -0.1) is 34.0 Å². The van der Waals surface area contributed by atoms with Gasteiger partial charge in [0.25, 0.3) is 15.9 Å². The highest BCUT2D eigenvalue weighted by Crippen LogP contribution is 2.37. The fourth-order valence-corrected chi connectivity index (χ4v) is 22.8. The summed E-state index contributed by atoms with van der Waals surface area (Å²) in [7, 11) is -3.54. The molecule has 4 aliphatic rings. The van der Waals surface area contributed by atoms with Crippen LogP contribution in [-0.4, -0.2) is 224 Å². The molecule has 35 heteroatoms. The molecule has 1 atom stereocenters. The summed E-state index contributed by atoms with van der Waals surface area (Å²) < 4.78 is 92.5. The number of alkyl halides is 3. The first-order chi connectivity index (χ1) is 71.0. The molecule has 7 aromatic carbocycles. The number of aromatic nitrogens is 12. The maximum atomic E-state index is 13.7. The number of hydrogen-bond donors (Lipinski definition) is 2.